The van der Waals surface area contributed by atoms with E-state index in [4.69, 9.17) is 11.6 Å². The standard InChI is InChI=1S/C23H29ClN4O/c1-25-23(26-12-10-19-8-5-9-21(24)14-19)27-16-20-15-22(29)28(17-20)13-11-18-6-3-2-4-7-18/h2-9,14,20H,10-13,15-17H2,1H3,(H2,25,26,27). The Hall–Kier alpha value is -2.53. The lowest BCUT2D eigenvalue weighted by Crippen LogP contribution is -2.41. The molecular weight excluding hydrogens is 384 g/mol. The lowest BCUT2D eigenvalue weighted by molar-refractivity contribution is -0.127. The van der Waals surface area contributed by atoms with Crippen LogP contribution < -0.4 is 10.6 Å². The molecule has 0 bridgehead atoms. The molecule has 1 aliphatic heterocycles. The minimum Gasteiger partial charge on any atom is -0.356 e. The maximum absolute atomic E-state index is 12.3. The average Bonchev–Trinajstić information content (AvgIpc) is 3.09. The van der Waals surface area contributed by atoms with Crippen LogP contribution in [0.15, 0.2) is 59.6 Å². The largest absolute Gasteiger partial charge is 0.356 e. The van der Waals surface area contributed by atoms with Crippen molar-refractivity contribution >= 4 is 23.5 Å². The van der Waals surface area contributed by atoms with Crippen LogP contribution in [0.4, 0.5) is 0 Å². The molecular formula is C23H29ClN4O. The highest BCUT2D eigenvalue weighted by atomic mass is 35.5. The molecule has 1 heterocycles. The Balaban J connectivity index is 1.37. The summed E-state index contributed by atoms with van der Waals surface area (Å²) in [6, 6.07) is 18.2. The summed E-state index contributed by atoms with van der Waals surface area (Å²) in [4.78, 5) is 18.6. The lowest BCUT2D eigenvalue weighted by atomic mass is 10.1. The van der Waals surface area contributed by atoms with Crippen molar-refractivity contribution in [3.8, 4) is 0 Å². The fraction of sp³-hybridized carbons (Fsp3) is 0.391. The second-order valence-electron chi connectivity index (χ2n) is 7.41. The van der Waals surface area contributed by atoms with Crippen LogP contribution in [-0.4, -0.2) is 50.0 Å². The fourth-order valence-electron chi connectivity index (χ4n) is 3.59. The number of carbonyl (C=O) groups excluding carboxylic acids is 1. The van der Waals surface area contributed by atoms with Crippen molar-refractivity contribution < 1.29 is 4.79 Å². The van der Waals surface area contributed by atoms with E-state index in [1.54, 1.807) is 7.05 Å². The van der Waals surface area contributed by atoms with E-state index in [-0.39, 0.29) is 5.91 Å². The predicted octanol–water partition coefficient (Wildman–Crippen LogP) is 3.14. The maximum Gasteiger partial charge on any atom is 0.223 e. The van der Waals surface area contributed by atoms with E-state index in [1.807, 2.05) is 41.3 Å². The first-order valence-electron chi connectivity index (χ1n) is 10.1. The van der Waals surface area contributed by atoms with Crippen LogP contribution in [0.5, 0.6) is 0 Å². The molecule has 0 spiro atoms. The summed E-state index contributed by atoms with van der Waals surface area (Å²) in [5.41, 5.74) is 2.46. The summed E-state index contributed by atoms with van der Waals surface area (Å²) in [5.74, 6) is 1.32. The highest BCUT2D eigenvalue weighted by Gasteiger charge is 2.29. The first-order chi connectivity index (χ1) is 14.1. The zero-order valence-corrected chi connectivity index (χ0v) is 17.7. The SMILES string of the molecule is CN=C(NCCc1cccc(Cl)c1)NCC1CC(=O)N(CCc2ccccc2)C1. The molecule has 1 aliphatic rings. The molecule has 1 saturated heterocycles. The van der Waals surface area contributed by atoms with Crippen molar-refractivity contribution in [2.24, 2.45) is 10.9 Å². The van der Waals surface area contributed by atoms with Gasteiger partial charge in [-0.3, -0.25) is 9.79 Å². The molecule has 0 aliphatic carbocycles. The first-order valence-corrected chi connectivity index (χ1v) is 10.5. The number of aliphatic imine (C=N–C) groups is 1. The lowest BCUT2D eigenvalue weighted by Gasteiger charge is -2.18. The summed E-state index contributed by atoms with van der Waals surface area (Å²) < 4.78 is 0. The Labute approximate surface area is 178 Å². The third-order valence-corrected chi connectivity index (χ3v) is 5.42. The van der Waals surface area contributed by atoms with Gasteiger partial charge < -0.3 is 15.5 Å². The molecule has 2 N–H and O–H groups in total. The smallest absolute Gasteiger partial charge is 0.223 e. The highest BCUT2D eigenvalue weighted by molar-refractivity contribution is 6.30. The number of hydrogen-bond acceptors (Lipinski definition) is 2. The Morgan fingerprint density at radius 1 is 1.10 bits per heavy atom. The van der Waals surface area contributed by atoms with E-state index in [9.17, 15) is 4.79 Å². The molecule has 1 unspecified atom stereocenters. The Kier molecular flexibility index (Phi) is 7.94. The van der Waals surface area contributed by atoms with Crippen LogP contribution in [0.2, 0.25) is 5.02 Å². The molecule has 0 saturated carbocycles. The van der Waals surface area contributed by atoms with E-state index < -0.39 is 0 Å². The minimum absolute atomic E-state index is 0.247. The second-order valence-corrected chi connectivity index (χ2v) is 7.84. The summed E-state index contributed by atoms with van der Waals surface area (Å²) in [6.07, 6.45) is 2.37. The molecule has 5 nitrogen and oxygen atoms in total. The van der Waals surface area contributed by atoms with E-state index in [2.05, 4.69) is 33.8 Å². The maximum atomic E-state index is 12.3. The summed E-state index contributed by atoms with van der Waals surface area (Å²) in [5, 5.41) is 7.44. The fourth-order valence-corrected chi connectivity index (χ4v) is 3.81. The zero-order chi connectivity index (χ0) is 20.5. The zero-order valence-electron chi connectivity index (χ0n) is 16.9. The highest BCUT2D eigenvalue weighted by Crippen LogP contribution is 2.17. The van der Waals surface area contributed by atoms with Gasteiger partial charge in [0.2, 0.25) is 5.91 Å². The van der Waals surface area contributed by atoms with Gasteiger partial charge >= 0.3 is 0 Å². The summed E-state index contributed by atoms with van der Waals surface area (Å²) in [7, 11) is 1.76. The number of amides is 1. The van der Waals surface area contributed by atoms with Gasteiger partial charge in [0.05, 0.1) is 0 Å². The molecule has 154 valence electrons. The van der Waals surface area contributed by atoms with Crippen molar-refractivity contribution in [3.05, 3.63) is 70.7 Å². The predicted molar refractivity (Wildman–Crippen MR) is 119 cm³/mol. The molecule has 1 fully saturated rings. The second kappa shape index (κ2) is 10.9. The molecule has 6 heteroatoms. The van der Waals surface area contributed by atoms with E-state index in [0.29, 0.717) is 12.3 Å². The van der Waals surface area contributed by atoms with Gasteiger partial charge in [0.15, 0.2) is 5.96 Å². The van der Waals surface area contributed by atoms with E-state index >= 15 is 0 Å². The third-order valence-electron chi connectivity index (χ3n) is 5.18. The van der Waals surface area contributed by atoms with Gasteiger partial charge in [0.25, 0.3) is 0 Å². The van der Waals surface area contributed by atoms with Gasteiger partial charge in [-0.15, -0.1) is 0 Å². The first kappa shape index (κ1) is 21.2. The molecule has 2 aromatic carbocycles. The molecule has 1 atom stereocenters. The summed E-state index contributed by atoms with van der Waals surface area (Å²) >= 11 is 6.03. The van der Waals surface area contributed by atoms with Crippen LogP contribution in [-0.2, 0) is 17.6 Å². The van der Waals surface area contributed by atoms with Crippen molar-refractivity contribution in [1.82, 2.24) is 15.5 Å². The van der Waals surface area contributed by atoms with E-state index in [1.165, 1.54) is 11.1 Å². The topological polar surface area (TPSA) is 56.7 Å². The number of nitrogens with one attached hydrogen (secondary N) is 2. The number of likely N-dealkylation sites (tertiary alicyclic amines) is 1. The number of rotatable bonds is 8. The van der Waals surface area contributed by atoms with Crippen LogP contribution >= 0.6 is 11.6 Å². The summed E-state index contributed by atoms with van der Waals surface area (Å²) in [6.45, 7) is 3.10. The third kappa shape index (κ3) is 6.79. The van der Waals surface area contributed by atoms with Crippen LogP contribution in [0.25, 0.3) is 0 Å². The number of carbonyl (C=O) groups is 1. The molecule has 1 amide bonds. The van der Waals surface area contributed by atoms with Crippen molar-refractivity contribution in [1.29, 1.82) is 0 Å². The molecule has 3 rings (SSSR count). The van der Waals surface area contributed by atoms with Gasteiger partial charge in [-0.2, -0.15) is 0 Å². The van der Waals surface area contributed by atoms with E-state index in [0.717, 1.165) is 50.0 Å². The van der Waals surface area contributed by atoms with Gasteiger partial charge in [0.1, 0.15) is 0 Å². The quantitative estimate of drug-likeness (QED) is 0.517. The van der Waals surface area contributed by atoms with Crippen molar-refractivity contribution in [3.63, 3.8) is 0 Å². The van der Waals surface area contributed by atoms with Gasteiger partial charge in [-0.25, -0.2) is 0 Å². The normalized spacial score (nSPS) is 16.9. The van der Waals surface area contributed by atoms with Gasteiger partial charge in [0, 0.05) is 50.6 Å². The molecule has 0 aromatic heterocycles. The Morgan fingerprint density at radius 3 is 2.66 bits per heavy atom. The van der Waals surface area contributed by atoms with Crippen LogP contribution in [0.1, 0.15) is 17.5 Å². The van der Waals surface area contributed by atoms with Crippen LogP contribution in [0, 0.1) is 5.92 Å². The van der Waals surface area contributed by atoms with Gasteiger partial charge in [-0.1, -0.05) is 54.1 Å². The van der Waals surface area contributed by atoms with Gasteiger partial charge in [-0.05, 0) is 36.1 Å². The molecule has 0 radical (unpaired) electrons. The van der Waals surface area contributed by atoms with Crippen molar-refractivity contribution in [2.75, 3.05) is 33.2 Å². The number of nitrogens with zero attached hydrogens (tertiary/aromatic N) is 2. The average molecular weight is 413 g/mol. The molecule has 2 aromatic rings. The number of benzene rings is 2. The van der Waals surface area contributed by atoms with Crippen molar-refractivity contribution in [2.45, 2.75) is 19.3 Å². The minimum atomic E-state index is 0.247. The molecule has 29 heavy (non-hydrogen) atoms. The Bertz CT molecular complexity index is 825. The monoisotopic (exact) mass is 412 g/mol. The Morgan fingerprint density at radius 2 is 1.90 bits per heavy atom. The van der Waals surface area contributed by atoms with Crippen LogP contribution in [0.3, 0.4) is 0 Å². The number of halogens is 1. The number of hydrogen-bond donors (Lipinski definition) is 2. The number of guanidine groups is 1.